The highest BCUT2D eigenvalue weighted by atomic mass is 19.4. The number of alkyl halides is 3. The van der Waals surface area contributed by atoms with Crippen molar-refractivity contribution >= 4 is 5.97 Å². The summed E-state index contributed by atoms with van der Waals surface area (Å²) < 4.78 is 53.0. The lowest BCUT2D eigenvalue weighted by Gasteiger charge is -2.14. The van der Waals surface area contributed by atoms with Gasteiger partial charge in [-0.1, -0.05) is 44.2 Å². The van der Waals surface area contributed by atoms with Gasteiger partial charge in [-0.25, -0.2) is 14.2 Å². The summed E-state index contributed by atoms with van der Waals surface area (Å²) >= 11 is 0. The molecule has 0 aliphatic rings. The maximum atomic E-state index is 13.7. The average molecular weight is 466 g/mol. The molecule has 0 aliphatic heterocycles. The van der Waals surface area contributed by atoms with Crippen molar-refractivity contribution in [2.45, 2.75) is 39.4 Å². The van der Waals surface area contributed by atoms with Crippen LogP contribution in [0.1, 0.15) is 25.1 Å². The van der Waals surface area contributed by atoms with Gasteiger partial charge in [0.15, 0.2) is 0 Å². The summed E-state index contributed by atoms with van der Waals surface area (Å²) in [5, 5.41) is 7.12. The molecule has 0 radical (unpaired) electrons. The van der Waals surface area contributed by atoms with E-state index in [-0.39, 0.29) is 5.82 Å². The molecule has 9 heteroatoms. The standard InChI is InChI=1S/C22H25FN2O.C2HF3O2/c1-16(2)13-20-22(18-8-6-9-19(23)14-18)24-15-25(20)12-11-17-7-4-5-10-21(17)26-3;3-2(4,5)1(6)7/h4-10,14-16H,11-13H2,1-3H3;(H,6,7). The van der Waals surface area contributed by atoms with E-state index < -0.39 is 12.1 Å². The number of carboxylic acids is 1. The number of ether oxygens (including phenoxy) is 1. The molecular formula is C24H26F4N2O3. The van der Waals surface area contributed by atoms with Gasteiger partial charge in [0.2, 0.25) is 0 Å². The van der Waals surface area contributed by atoms with Crippen LogP contribution in [0, 0.1) is 11.7 Å². The molecule has 3 aromatic rings. The molecule has 0 spiro atoms. The first kappa shape index (κ1) is 25.9. The van der Waals surface area contributed by atoms with E-state index in [9.17, 15) is 17.6 Å². The number of nitrogens with zero attached hydrogens (tertiary/aromatic N) is 2. The van der Waals surface area contributed by atoms with E-state index in [0.717, 1.165) is 42.1 Å². The lowest BCUT2D eigenvalue weighted by molar-refractivity contribution is -0.192. The van der Waals surface area contributed by atoms with Gasteiger partial charge < -0.3 is 14.4 Å². The van der Waals surface area contributed by atoms with Gasteiger partial charge in [0, 0.05) is 17.8 Å². The third-order valence-corrected chi connectivity index (χ3v) is 4.70. The Kier molecular flexibility index (Phi) is 9.02. The number of aromatic nitrogens is 2. The van der Waals surface area contributed by atoms with Gasteiger partial charge in [-0.3, -0.25) is 0 Å². The Balaban J connectivity index is 0.000000479. The molecule has 0 saturated heterocycles. The van der Waals surface area contributed by atoms with Crippen LogP contribution < -0.4 is 4.74 Å². The molecule has 0 fully saturated rings. The van der Waals surface area contributed by atoms with Gasteiger partial charge in [0.05, 0.1) is 19.1 Å². The van der Waals surface area contributed by atoms with Crippen LogP contribution in [0.2, 0.25) is 0 Å². The molecule has 3 rings (SSSR count). The fraction of sp³-hybridized carbons (Fsp3) is 0.333. The average Bonchev–Trinajstić information content (AvgIpc) is 3.14. The molecule has 33 heavy (non-hydrogen) atoms. The first-order valence-electron chi connectivity index (χ1n) is 10.2. The van der Waals surface area contributed by atoms with Gasteiger partial charge in [-0.05, 0) is 42.5 Å². The van der Waals surface area contributed by atoms with E-state index in [0.29, 0.717) is 5.92 Å². The lowest BCUT2D eigenvalue weighted by Crippen LogP contribution is -2.21. The van der Waals surface area contributed by atoms with Crippen LogP contribution in [-0.4, -0.2) is 33.9 Å². The number of aliphatic carboxylic acids is 1. The van der Waals surface area contributed by atoms with Crippen molar-refractivity contribution in [3.63, 3.8) is 0 Å². The maximum Gasteiger partial charge on any atom is 0.490 e. The lowest BCUT2D eigenvalue weighted by atomic mass is 10.0. The molecule has 2 aromatic carbocycles. The number of para-hydroxylation sites is 1. The highest BCUT2D eigenvalue weighted by Crippen LogP contribution is 2.26. The second-order valence-corrected chi connectivity index (χ2v) is 7.71. The molecule has 0 unspecified atom stereocenters. The predicted octanol–water partition coefficient (Wildman–Crippen LogP) is 5.77. The Labute approximate surface area is 189 Å². The SMILES string of the molecule is COc1ccccc1CCn1cnc(-c2cccc(F)c2)c1CC(C)C.O=C(O)C(F)(F)F. The first-order valence-corrected chi connectivity index (χ1v) is 10.2. The van der Waals surface area contributed by atoms with E-state index in [1.54, 1.807) is 19.2 Å². The van der Waals surface area contributed by atoms with Crippen molar-refractivity contribution in [3.8, 4) is 17.0 Å². The zero-order valence-electron chi connectivity index (χ0n) is 18.6. The van der Waals surface area contributed by atoms with Gasteiger partial charge in [0.25, 0.3) is 0 Å². The monoisotopic (exact) mass is 466 g/mol. The number of methoxy groups -OCH3 is 1. The topological polar surface area (TPSA) is 64.4 Å². The number of imidazole rings is 1. The molecule has 0 saturated carbocycles. The number of halogens is 4. The van der Waals surface area contributed by atoms with Gasteiger partial charge in [0.1, 0.15) is 11.6 Å². The normalized spacial score (nSPS) is 11.2. The molecule has 1 N–H and O–H groups in total. The van der Waals surface area contributed by atoms with Crippen LogP contribution in [0.25, 0.3) is 11.3 Å². The van der Waals surface area contributed by atoms with Crippen molar-refractivity contribution < 1.29 is 32.2 Å². The molecule has 0 atom stereocenters. The molecule has 0 bridgehead atoms. The Morgan fingerprint density at radius 2 is 1.82 bits per heavy atom. The van der Waals surface area contributed by atoms with Crippen LogP contribution in [0.3, 0.4) is 0 Å². The molecule has 1 heterocycles. The predicted molar refractivity (Wildman–Crippen MR) is 117 cm³/mol. The summed E-state index contributed by atoms with van der Waals surface area (Å²) in [6.45, 7) is 5.19. The van der Waals surface area contributed by atoms with Gasteiger partial charge in [-0.15, -0.1) is 0 Å². The van der Waals surface area contributed by atoms with Crippen molar-refractivity contribution in [2.24, 2.45) is 5.92 Å². The van der Waals surface area contributed by atoms with Crippen LogP contribution in [0.15, 0.2) is 54.9 Å². The zero-order chi connectivity index (χ0) is 24.6. The van der Waals surface area contributed by atoms with E-state index in [4.69, 9.17) is 14.6 Å². The summed E-state index contributed by atoms with van der Waals surface area (Å²) in [5.74, 6) is -1.60. The van der Waals surface area contributed by atoms with Crippen molar-refractivity contribution in [1.29, 1.82) is 0 Å². The fourth-order valence-corrected chi connectivity index (χ4v) is 3.23. The minimum atomic E-state index is -5.08. The minimum Gasteiger partial charge on any atom is -0.496 e. The van der Waals surface area contributed by atoms with E-state index in [1.165, 1.54) is 11.6 Å². The number of hydrogen-bond acceptors (Lipinski definition) is 3. The number of benzene rings is 2. The number of rotatable bonds is 7. The van der Waals surface area contributed by atoms with Crippen LogP contribution in [-0.2, 0) is 24.2 Å². The quantitative estimate of drug-likeness (QED) is 0.449. The number of aryl methyl sites for hydroxylation is 2. The number of carbonyl (C=O) groups is 1. The molecule has 5 nitrogen and oxygen atoms in total. The van der Waals surface area contributed by atoms with Crippen molar-refractivity contribution in [2.75, 3.05) is 7.11 Å². The highest BCUT2D eigenvalue weighted by molar-refractivity contribution is 5.73. The van der Waals surface area contributed by atoms with Gasteiger partial charge in [-0.2, -0.15) is 13.2 Å². The van der Waals surface area contributed by atoms with Crippen molar-refractivity contribution in [3.05, 3.63) is 71.9 Å². The van der Waals surface area contributed by atoms with E-state index in [2.05, 4.69) is 29.5 Å². The third kappa shape index (κ3) is 7.62. The molecule has 178 valence electrons. The Bertz CT molecular complexity index is 1060. The molecule has 0 aliphatic carbocycles. The van der Waals surface area contributed by atoms with Crippen LogP contribution in [0.4, 0.5) is 17.6 Å². The minimum absolute atomic E-state index is 0.235. The highest BCUT2D eigenvalue weighted by Gasteiger charge is 2.38. The van der Waals surface area contributed by atoms with Crippen LogP contribution >= 0.6 is 0 Å². The maximum absolute atomic E-state index is 13.7. The Hall–Kier alpha value is -3.36. The largest absolute Gasteiger partial charge is 0.496 e. The summed E-state index contributed by atoms with van der Waals surface area (Å²) in [4.78, 5) is 13.5. The van der Waals surface area contributed by atoms with Crippen molar-refractivity contribution in [1.82, 2.24) is 9.55 Å². The third-order valence-electron chi connectivity index (χ3n) is 4.70. The number of hydrogen-bond donors (Lipinski definition) is 1. The van der Waals surface area contributed by atoms with E-state index >= 15 is 0 Å². The zero-order valence-corrected chi connectivity index (χ0v) is 18.6. The summed E-state index contributed by atoms with van der Waals surface area (Å²) in [6, 6.07) is 14.7. The molecular weight excluding hydrogens is 440 g/mol. The smallest absolute Gasteiger partial charge is 0.490 e. The second-order valence-electron chi connectivity index (χ2n) is 7.71. The molecule has 0 amide bonds. The van der Waals surface area contributed by atoms with E-state index in [1.807, 2.05) is 30.6 Å². The Morgan fingerprint density at radius 1 is 1.15 bits per heavy atom. The van der Waals surface area contributed by atoms with Gasteiger partial charge >= 0.3 is 12.1 Å². The number of carboxylic acid groups (broad SMARTS) is 1. The Morgan fingerprint density at radius 3 is 2.39 bits per heavy atom. The summed E-state index contributed by atoms with van der Waals surface area (Å²) in [5.41, 5.74) is 4.03. The summed E-state index contributed by atoms with van der Waals surface area (Å²) in [6.07, 6.45) is -1.46. The van der Waals surface area contributed by atoms with Crippen LogP contribution in [0.5, 0.6) is 5.75 Å². The fourth-order valence-electron chi connectivity index (χ4n) is 3.23. The second kappa shape index (κ2) is 11.5. The molecule has 1 aromatic heterocycles. The first-order chi connectivity index (χ1) is 15.5. The summed E-state index contributed by atoms with van der Waals surface area (Å²) in [7, 11) is 1.70.